The molecule has 29 heavy (non-hydrogen) atoms. The number of carbonyl (C=O) groups excluding carboxylic acids is 2. The molecule has 0 unspecified atom stereocenters. The van der Waals surface area contributed by atoms with Gasteiger partial charge in [-0.3, -0.25) is 9.59 Å². The van der Waals surface area contributed by atoms with Gasteiger partial charge in [-0.05, 0) is 41.8 Å². The van der Waals surface area contributed by atoms with Gasteiger partial charge in [-0.15, -0.1) is 10.2 Å². The summed E-state index contributed by atoms with van der Waals surface area (Å²) in [5.41, 5.74) is 2.98. The molecule has 0 bridgehead atoms. The molecule has 0 saturated carbocycles. The molecule has 0 aliphatic rings. The lowest BCUT2D eigenvalue weighted by Gasteiger charge is -2.10. The summed E-state index contributed by atoms with van der Waals surface area (Å²) in [6.07, 6.45) is 1.58. The maximum atomic E-state index is 12.5. The summed E-state index contributed by atoms with van der Waals surface area (Å²) < 4.78 is 1.75. The molecule has 0 aliphatic heterocycles. The molecule has 3 rings (SSSR count). The van der Waals surface area contributed by atoms with Gasteiger partial charge in [0.15, 0.2) is 5.16 Å². The van der Waals surface area contributed by atoms with Crippen LogP contribution in [0.2, 0.25) is 0 Å². The van der Waals surface area contributed by atoms with Crippen molar-refractivity contribution < 1.29 is 9.59 Å². The molecule has 0 spiro atoms. The molecule has 7 nitrogen and oxygen atoms in total. The quantitative estimate of drug-likeness (QED) is 0.578. The molecule has 0 radical (unpaired) electrons. The van der Waals surface area contributed by atoms with Gasteiger partial charge in [0.25, 0.3) is 5.91 Å². The zero-order valence-electron chi connectivity index (χ0n) is 16.5. The first-order valence-corrected chi connectivity index (χ1v) is 10.2. The third-order valence-electron chi connectivity index (χ3n) is 4.25. The maximum absolute atomic E-state index is 12.5. The van der Waals surface area contributed by atoms with Gasteiger partial charge in [-0.1, -0.05) is 43.8 Å². The van der Waals surface area contributed by atoms with Crippen LogP contribution in [0, 0.1) is 0 Å². The Morgan fingerprint density at radius 2 is 1.83 bits per heavy atom. The second kappa shape index (κ2) is 9.38. The molecule has 8 heteroatoms. The van der Waals surface area contributed by atoms with Crippen LogP contribution in [0.5, 0.6) is 0 Å². The molecule has 2 amide bonds. The number of aromatic nitrogens is 3. The average molecular weight is 410 g/mol. The summed E-state index contributed by atoms with van der Waals surface area (Å²) in [5.74, 6) is 0.226. The summed E-state index contributed by atoms with van der Waals surface area (Å²) in [6.45, 7) is 4.25. The molecule has 0 aliphatic carbocycles. The van der Waals surface area contributed by atoms with Crippen LogP contribution in [-0.2, 0) is 11.8 Å². The number of nitrogens with one attached hydrogen (secondary N) is 2. The minimum absolute atomic E-state index is 0.181. The van der Waals surface area contributed by atoms with Gasteiger partial charge in [0, 0.05) is 24.0 Å². The number of hydrogen-bond donors (Lipinski definition) is 2. The smallest absolute Gasteiger partial charge is 0.255 e. The van der Waals surface area contributed by atoms with E-state index in [-0.39, 0.29) is 17.6 Å². The number of rotatable bonds is 7. The van der Waals surface area contributed by atoms with E-state index in [1.165, 1.54) is 17.3 Å². The van der Waals surface area contributed by atoms with E-state index in [0.717, 1.165) is 5.69 Å². The molecule has 3 aromatic rings. The van der Waals surface area contributed by atoms with E-state index in [4.69, 9.17) is 0 Å². The molecule has 1 heterocycles. The van der Waals surface area contributed by atoms with Crippen molar-refractivity contribution in [2.24, 2.45) is 7.05 Å². The van der Waals surface area contributed by atoms with Crippen LogP contribution in [0.15, 0.2) is 60.0 Å². The molecule has 1 aromatic heterocycles. The molecule has 150 valence electrons. The van der Waals surface area contributed by atoms with E-state index in [9.17, 15) is 9.59 Å². The summed E-state index contributed by atoms with van der Waals surface area (Å²) >= 11 is 1.29. The first-order chi connectivity index (χ1) is 13.9. The minimum atomic E-state index is -0.230. The van der Waals surface area contributed by atoms with Crippen molar-refractivity contribution in [1.82, 2.24) is 14.8 Å². The van der Waals surface area contributed by atoms with E-state index in [1.54, 1.807) is 35.2 Å². The van der Waals surface area contributed by atoms with Gasteiger partial charge in [-0.2, -0.15) is 0 Å². The van der Waals surface area contributed by atoms with Crippen LogP contribution < -0.4 is 10.6 Å². The van der Waals surface area contributed by atoms with Crippen molar-refractivity contribution in [1.29, 1.82) is 0 Å². The summed E-state index contributed by atoms with van der Waals surface area (Å²) in [4.78, 5) is 24.7. The normalized spacial score (nSPS) is 10.8. The predicted molar refractivity (Wildman–Crippen MR) is 115 cm³/mol. The van der Waals surface area contributed by atoms with E-state index in [2.05, 4.69) is 34.7 Å². The molecule has 0 saturated heterocycles. The molecule has 0 atom stereocenters. The molecular weight excluding hydrogens is 386 g/mol. The Kier molecular flexibility index (Phi) is 6.66. The molecule has 0 fully saturated rings. The zero-order valence-corrected chi connectivity index (χ0v) is 17.4. The highest BCUT2D eigenvalue weighted by Gasteiger charge is 2.10. The summed E-state index contributed by atoms with van der Waals surface area (Å²) in [6, 6.07) is 14.6. The Bertz CT molecular complexity index is 998. The highest BCUT2D eigenvalue weighted by molar-refractivity contribution is 7.99. The van der Waals surface area contributed by atoms with Crippen molar-refractivity contribution in [3.8, 4) is 0 Å². The maximum Gasteiger partial charge on any atom is 0.255 e. The Labute approximate surface area is 173 Å². The van der Waals surface area contributed by atoms with Crippen molar-refractivity contribution >= 4 is 35.0 Å². The number of hydrogen-bond acceptors (Lipinski definition) is 5. The van der Waals surface area contributed by atoms with Gasteiger partial charge >= 0.3 is 0 Å². The second-order valence-corrected chi connectivity index (χ2v) is 7.82. The topological polar surface area (TPSA) is 88.9 Å². The number of amides is 2. The van der Waals surface area contributed by atoms with Crippen molar-refractivity contribution in [2.75, 3.05) is 16.4 Å². The van der Waals surface area contributed by atoms with Gasteiger partial charge in [0.1, 0.15) is 6.33 Å². The summed E-state index contributed by atoms with van der Waals surface area (Å²) in [7, 11) is 1.82. The van der Waals surface area contributed by atoms with E-state index < -0.39 is 0 Å². The lowest BCUT2D eigenvalue weighted by Crippen LogP contribution is -2.16. The highest BCUT2D eigenvalue weighted by Crippen LogP contribution is 2.19. The summed E-state index contributed by atoms with van der Waals surface area (Å²) in [5, 5.41) is 14.1. The van der Waals surface area contributed by atoms with Crippen LogP contribution in [0.4, 0.5) is 11.4 Å². The van der Waals surface area contributed by atoms with Gasteiger partial charge in [0.2, 0.25) is 5.91 Å². The minimum Gasteiger partial charge on any atom is -0.325 e. The fourth-order valence-corrected chi connectivity index (χ4v) is 3.31. The number of aryl methyl sites for hydroxylation is 1. The number of thioether (sulfide) groups is 1. The van der Waals surface area contributed by atoms with Gasteiger partial charge in [0.05, 0.1) is 5.75 Å². The van der Waals surface area contributed by atoms with E-state index in [0.29, 0.717) is 22.3 Å². The third-order valence-corrected chi connectivity index (χ3v) is 5.28. The van der Waals surface area contributed by atoms with Crippen LogP contribution in [0.25, 0.3) is 0 Å². The third kappa shape index (κ3) is 5.68. The Balaban J connectivity index is 1.58. The zero-order chi connectivity index (χ0) is 20.8. The predicted octanol–water partition coefficient (Wildman–Crippen LogP) is 3.92. The molecular formula is C21H23N5O2S. The van der Waals surface area contributed by atoms with Crippen molar-refractivity contribution in [3.05, 3.63) is 66.0 Å². The monoisotopic (exact) mass is 409 g/mol. The van der Waals surface area contributed by atoms with Crippen molar-refractivity contribution in [3.63, 3.8) is 0 Å². The lowest BCUT2D eigenvalue weighted by atomic mass is 10.0. The Morgan fingerprint density at radius 1 is 1.07 bits per heavy atom. The first-order valence-electron chi connectivity index (χ1n) is 9.20. The second-order valence-electron chi connectivity index (χ2n) is 6.87. The fourth-order valence-electron chi connectivity index (χ4n) is 2.62. The number of anilines is 2. The van der Waals surface area contributed by atoms with Gasteiger partial charge < -0.3 is 15.2 Å². The highest BCUT2D eigenvalue weighted by atomic mass is 32.2. The largest absolute Gasteiger partial charge is 0.325 e. The van der Waals surface area contributed by atoms with Crippen LogP contribution in [0.1, 0.15) is 35.7 Å². The average Bonchev–Trinajstić information content (AvgIpc) is 3.12. The van der Waals surface area contributed by atoms with Crippen LogP contribution in [0.3, 0.4) is 0 Å². The van der Waals surface area contributed by atoms with Gasteiger partial charge in [-0.25, -0.2) is 0 Å². The lowest BCUT2D eigenvalue weighted by molar-refractivity contribution is -0.113. The number of benzene rings is 2. The number of carbonyl (C=O) groups is 2. The Hall–Kier alpha value is -3.13. The van der Waals surface area contributed by atoms with Crippen molar-refractivity contribution in [2.45, 2.75) is 24.9 Å². The fraction of sp³-hybridized carbons (Fsp3) is 0.238. The van der Waals surface area contributed by atoms with E-state index in [1.807, 2.05) is 31.3 Å². The SMILES string of the molecule is CC(C)c1ccc(NC(=O)c2cccc(NC(=O)CSc3nncn3C)c2)cc1. The standard InChI is InChI=1S/C21H23N5O2S/c1-14(2)15-7-9-17(10-8-15)24-20(28)16-5-4-6-18(11-16)23-19(27)12-29-21-25-22-13-26(21)3/h4-11,13-14H,12H2,1-3H3,(H,23,27)(H,24,28). The van der Waals surface area contributed by atoms with Crippen LogP contribution >= 0.6 is 11.8 Å². The van der Waals surface area contributed by atoms with E-state index >= 15 is 0 Å². The number of nitrogens with zero attached hydrogens (tertiary/aromatic N) is 3. The molecule has 2 N–H and O–H groups in total. The molecule has 2 aromatic carbocycles. The first kappa shape index (κ1) is 20.6. The van der Waals surface area contributed by atoms with Crippen LogP contribution in [-0.4, -0.2) is 32.3 Å². The Morgan fingerprint density at radius 3 is 2.48 bits per heavy atom.